The van der Waals surface area contributed by atoms with Crippen LogP contribution in [-0.4, -0.2) is 73.6 Å². The maximum Gasteiger partial charge on any atom is 0.234 e. The third kappa shape index (κ3) is 4.70. The summed E-state index contributed by atoms with van der Waals surface area (Å²) in [6, 6.07) is 0.353. The van der Waals surface area contributed by atoms with Gasteiger partial charge in [0.25, 0.3) is 0 Å². The highest BCUT2D eigenvalue weighted by Gasteiger charge is 2.30. The lowest BCUT2D eigenvalue weighted by Crippen LogP contribution is -2.53. The second kappa shape index (κ2) is 8.30. The molecule has 2 heterocycles. The van der Waals surface area contributed by atoms with Gasteiger partial charge in [-0.3, -0.25) is 14.5 Å². The zero-order chi connectivity index (χ0) is 16.9. The number of amides is 2. The lowest BCUT2D eigenvalue weighted by Gasteiger charge is -2.36. The molecule has 0 bridgehead atoms. The lowest BCUT2D eigenvalue weighted by molar-refractivity contribution is -0.137. The van der Waals surface area contributed by atoms with Gasteiger partial charge in [0.2, 0.25) is 11.8 Å². The molecular weight excluding hydrogens is 306 g/mol. The molecule has 3 fully saturated rings. The summed E-state index contributed by atoms with van der Waals surface area (Å²) in [5.74, 6) is 1.14. The van der Waals surface area contributed by atoms with Crippen molar-refractivity contribution in [3.05, 3.63) is 0 Å². The summed E-state index contributed by atoms with van der Waals surface area (Å²) in [6.07, 6.45) is 5.58. The van der Waals surface area contributed by atoms with E-state index in [0.29, 0.717) is 25.8 Å². The summed E-state index contributed by atoms with van der Waals surface area (Å²) in [4.78, 5) is 28.7. The van der Waals surface area contributed by atoms with E-state index >= 15 is 0 Å². The fourth-order valence-corrected chi connectivity index (χ4v) is 4.16. The van der Waals surface area contributed by atoms with Gasteiger partial charge in [-0.25, -0.2) is 0 Å². The van der Waals surface area contributed by atoms with E-state index in [2.05, 4.69) is 17.1 Å². The monoisotopic (exact) mass is 337 g/mol. The van der Waals surface area contributed by atoms with Crippen LogP contribution in [0.15, 0.2) is 0 Å². The smallest absolute Gasteiger partial charge is 0.234 e. The van der Waals surface area contributed by atoms with Crippen molar-refractivity contribution in [3.8, 4) is 0 Å². The molecule has 3 aliphatic rings. The van der Waals surface area contributed by atoms with Crippen LogP contribution in [0.5, 0.6) is 0 Å². The topological polar surface area (TPSA) is 61.9 Å². The minimum absolute atomic E-state index is 0.0492. The lowest BCUT2D eigenvalue weighted by atomic mass is 9.87. The Morgan fingerprint density at radius 2 is 1.92 bits per heavy atom. The standard InChI is InChI=1S/C18H31N3O3/c1-14-3-2-4-16(11-14)19-17(22)12-20-6-8-21(9-7-20)18(23)15-5-10-24-13-15/h14-16H,2-13H2,1H3,(H,19,22)/t14-,15+,16-/m1/s1. The minimum Gasteiger partial charge on any atom is -0.381 e. The third-order valence-electron chi connectivity index (χ3n) is 5.63. The molecule has 0 spiro atoms. The molecule has 2 aliphatic heterocycles. The molecule has 2 saturated heterocycles. The number of hydrogen-bond acceptors (Lipinski definition) is 4. The third-order valence-corrected chi connectivity index (χ3v) is 5.63. The molecule has 0 aromatic carbocycles. The van der Waals surface area contributed by atoms with Crippen LogP contribution in [0.1, 0.15) is 39.0 Å². The largest absolute Gasteiger partial charge is 0.381 e. The van der Waals surface area contributed by atoms with Crippen molar-refractivity contribution >= 4 is 11.8 Å². The SMILES string of the molecule is C[C@@H]1CCC[C@@H](NC(=O)CN2CCN(C(=O)[C@H]3CCOC3)CC2)C1. The van der Waals surface area contributed by atoms with Crippen molar-refractivity contribution in [2.45, 2.75) is 45.1 Å². The van der Waals surface area contributed by atoms with Crippen molar-refractivity contribution < 1.29 is 14.3 Å². The van der Waals surface area contributed by atoms with Gasteiger partial charge in [0.05, 0.1) is 19.1 Å². The van der Waals surface area contributed by atoms with E-state index in [4.69, 9.17) is 4.74 Å². The first-order valence-corrected chi connectivity index (χ1v) is 9.50. The first-order valence-electron chi connectivity index (χ1n) is 9.50. The van der Waals surface area contributed by atoms with E-state index in [1.807, 2.05) is 4.90 Å². The number of ether oxygens (including phenoxy) is 1. The Morgan fingerprint density at radius 1 is 1.12 bits per heavy atom. The molecule has 0 aromatic heterocycles. The molecular formula is C18H31N3O3. The van der Waals surface area contributed by atoms with E-state index in [1.54, 1.807) is 0 Å². The molecule has 6 heteroatoms. The summed E-state index contributed by atoms with van der Waals surface area (Å²) >= 11 is 0. The Balaban J connectivity index is 1.37. The number of nitrogens with one attached hydrogen (secondary N) is 1. The predicted molar refractivity (Wildman–Crippen MR) is 91.5 cm³/mol. The van der Waals surface area contributed by atoms with E-state index in [9.17, 15) is 9.59 Å². The Labute approximate surface area is 144 Å². The molecule has 0 unspecified atom stereocenters. The number of hydrogen-bond donors (Lipinski definition) is 1. The molecule has 1 saturated carbocycles. The Morgan fingerprint density at radius 3 is 2.58 bits per heavy atom. The molecule has 136 valence electrons. The quantitative estimate of drug-likeness (QED) is 0.827. The van der Waals surface area contributed by atoms with Crippen LogP contribution in [0.2, 0.25) is 0 Å². The van der Waals surface area contributed by atoms with Crippen LogP contribution >= 0.6 is 0 Å². The molecule has 24 heavy (non-hydrogen) atoms. The molecule has 1 N–H and O–H groups in total. The maximum atomic E-state index is 12.4. The van der Waals surface area contributed by atoms with Gasteiger partial charge in [-0.2, -0.15) is 0 Å². The van der Waals surface area contributed by atoms with Crippen LogP contribution in [0, 0.1) is 11.8 Å². The van der Waals surface area contributed by atoms with E-state index in [0.717, 1.165) is 51.4 Å². The van der Waals surface area contributed by atoms with Crippen LogP contribution < -0.4 is 5.32 Å². The average Bonchev–Trinajstić information content (AvgIpc) is 3.09. The van der Waals surface area contributed by atoms with Crippen LogP contribution in [0.3, 0.4) is 0 Å². The fraction of sp³-hybridized carbons (Fsp3) is 0.889. The maximum absolute atomic E-state index is 12.4. The van der Waals surface area contributed by atoms with Gasteiger partial charge >= 0.3 is 0 Å². The fourth-order valence-electron chi connectivity index (χ4n) is 4.16. The zero-order valence-electron chi connectivity index (χ0n) is 14.8. The van der Waals surface area contributed by atoms with Gasteiger partial charge in [0, 0.05) is 38.8 Å². The van der Waals surface area contributed by atoms with Gasteiger partial charge in [-0.15, -0.1) is 0 Å². The molecule has 1 aliphatic carbocycles. The molecule has 3 atom stereocenters. The summed E-state index contributed by atoms with van der Waals surface area (Å²) in [5, 5.41) is 3.20. The second-order valence-electron chi connectivity index (χ2n) is 7.70. The van der Waals surface area contributed by atoms with Crippen molar-refractivity contribution in [2.75, 3.05) is 45.9 Å². The first-order chi connectivity index (χ1) is 11.6. The van der Waals surface area contributed by atoms with Crippen molar-refractivity contribution in [1.82, 2.24) is 15.1 Å². The number of rotatable bonds is 4. The van der Waals surface area contributed by atoms with Crippen molar-refractivity contribution in [3.63, 3.8) is 0 Å². The highest BCUT2D eigenvalue weighted by molar-refractivity contribution is 5.80. The Kier molecular flexibility index (Phi) is 6.11. The van der Waals surface area contributed by atoms with E-state index < -0.39 is 0 Å². The van der Waals surface area contributed by atoms with Gasteiger partial charge in [-0.1, -0.05) is 19.8 Å². The number of carbonyl (C=O) groups excluding carboxylic acids is 2. The normalized spacial score (nSPS) is 31.9. The second-order valence-corrected chi connectivity index (χ2v) is 7.70. The summed E-state index contributed by atoms with van der Waals surface area (Å²) < 4.78 is 5.31. The van der Waals surface area contributed by atoms with Gasteiger partial charge in [-0.05, 0) is 25.2 Å². The zero-order valence-corrected chi connectivity index (χ0v) is 14.8. The van der Waals surface area contributed by atoms with E-state index in [1.165, 1.54) is 12.8 Å². The van der Waals surface area contributed by atoms with Crippen molar-refractivity contribution in [1.29, 1.82) is 0 Å². The van der Waals surface area contributed by atoms with Gasteiger partial charge < -0.3 is 15.0 Å². The summed E-state index contributed by atoms with van der Waals surface area (Å²) in [6.45, 7) is 7.02. The number of carbonyl (C=O) groups is 2. The predicted octanol–water partition coefficient (Wildman–Crippen LogP) is 0.862. The minimum atomic E-state index is 0.0492. The molecule has 3 rings (SSSR count). The van der Waals surface area contributed by atoms with Gasteiger partial charge in [0.15, 0.2) is 0 Å². The first kappa shape index (κ1) is 17.7. The highest BCUT2D eigenvalue weighted by Crippen LogP contribution is 2.23. The Hall–Kier alpha value is -1.14. The summed E-state index contributed by atoms with van der Waals surface area (Å²) in [5.41, 5.74) is 0. The Bertz CT molecular complexity index is 443. The highest BCUT2D eigenvalue weighted by atomic mass is 16.5. The molecule has 0 aromatic rings. The average molecular weight is 337 g/mol. The van der Waals surface area contributed by atoms with E-state index in [-0.39, 0.29) is 17.7 Å². The molecule has 6 nitrogen and oxygen atoms in total. The summed E-state index contributed by atoms with van der Waals surface area (Å²) in [7, 11) is 0. The van der Waals surface area contributed by atoms with Crippen molar-refractivity contribution in [2.24, 2.45) is 11.8 Å². The van der Waals surface area contributed by atoms with Crippen LogP contribution in [0.25, 0.3) is 0 Å². The number of piperazine rings is 1. The molecule has 2 amide bonds. The van der Waals surface area contributed by atoms with Crippen LogP contribution in [0.4, 0.5) is 0 Å². The van der Waals surface area contributed by atoms with Crippen LogP contribution in [-0.2, 0) is 14.3 Å². The molecule has 0 radical (unpaired) electrons. The van der Waals surface area contributed by atoms with Gasteiger partial charge in [0.1, 0.15) is 0 Å². The number of nitrogens with zero attached hydrogens (tertiary/aromatic N) is 2.